The van der Waals surface area contributed by atoms with Crippen LogP contribution in [0, 0.1) is 6.92 Å². The van der Waals surface area contributed by atoms with Crippen molar-refractivity contribution in [3.05, 3.63) is 51.4 Å². The molecule has 4 rings (SSSR count). The van der Waals surface area contributed by atoms with Crippen molar-refractivity contribution in [2.75, 3.05) is 13.1 Å². The third kappa shape index (κ3) is 3.26. The lowest BCUT2D eigenvalue weighted by molar-refractivity contribution is 0.193. The largest absolute Gasteiger partial charge is 0.335 e. The summed E-state index contributed by atoms with van der Waals surface area (Å²) in [6.07, 6.45) is 8.14. The molecule has 3 aromatic heterocycles. The van der Waals surface area contributed by atoms with Crippen LogP contribution in [0.3, 0.4) is 0 Å². The summed E-state index contributed by atoms with van der Waals surface area (Å²) in [5.74, 6) is 1.64. The number of aryl methyl sites for hydroxylation is 2. The number of fused-ring (bicyclic) bond motifs is 1. The summed E-state index contributed by atoms with van der Waals surface area (Å²) in [6.45, 7) is 7.87. The molecule has 0 aromatic carbocycles. The molecule has 132 valence electrons. The Morgan fingerprint density at radius 1 is 1.40 bits per heavy atom. The fourth-order valence-corrected chi connectivity index (χ4v) is 4.58. The molecule has 0 aliphatic carbocycles. The molecular formula is C18H23N5OS. The Bertz CT molecular complexity index is 940. The van der Waals surface area contributed by atoms with E-state index in [1.807, 2.05) is 19.3 Å². The first kappa shape index (κ1) is 16.5. The number of hydrogen-bond acceptors (Lipinski definition) is 5. The first-order valence-corrected chi connectivity index (χ1v) is 9.68. The molecule has 0 spiro atoms. The number of piperidine rings is 1. The smallest absolute Gasteiger partial charge is 0.258 e. The van der Waals surface area contributed by atoms with Crippen LogP contribution in [-0.4, -0.2) is 36.9 Å². The third-order valence-electron chi connectivity index (χ3n) is 4.88. The first-order chi connectivity index (χ1) is 12.1. The zero-order valence-electron chi connectivity index (χ0n) is 14.7. The fraction of sp³-hybridized carbons (Fsp3) is 0.500. The van der Waals surface area contributed by atoms with E-state index in [4.69, 9.17) is 4.98 Å². The van der Waals surface area contributed by atoms with Crippen molar-refractivity contribution in [2.24, 2.45) is 0 Å². The second kappa shape index (κ2) is 6.72. The molecule has 3 aromatic rings. The van der Waals surface area contributed by atoms with E-state index in [0.29, 0.717) is 5.92 Å². The predicted octanol–water partition coefficient (Wildman–Crippen LogP) is 2.66. The summed E-state index contributed by atoms with van der Waals surface area (Å²) in [6, 6.07) is 1.68. The highest BCUT2D eigenvalue weighted by Gasteiger charge is 2.25. The van der Waals surface area contributed by atoms with Crippen LogP contribution in [0.15, 0.2) is 29.5 Å². The summed E-state index contributed by atoms with van der Waals surface area (Å²) >= 11 is 1.57. The van der Waals surface area contributed by atoms with Crippen LogP contribution in [0.1, 0.15) is 42.1 Å². The molecule has 7 heteroatoms. The standard InChI is InChI=1S/C18H23N5OS/c1-3-22-8-6-19-17(22)14-5-4-7-21(11-14)12-15-9-16(24)23-10-13(2)25-18(23)20-15/h6,8-10,14H,3-5,7,11-12H2,1-2H3/t14-/m0/s1. The Hall–Kier alpha value is -1.99. The van der Waals surface area contributed by atoms with Crippen LogP contribution in [0.2, 0.25) is 0 Å². The molecule has 6 nitrogen and oxygen atoms in total. The summed E-state index contributed by atoms with van der Waals surface area (Å²) in [5.41, 5.74) is 0.880. The molecule has 0 radical (unpaired) electrons. The van der Waals surface area contributed by atoms with Crippen LogP contribution in [0.25, 0.3) is 4.96 Å². The van der Waals surface area contributed by atoms with E-state index in [1.165, 1.54) is 12.2 Å². The van der Waals surface area contributed by atoms with Crippen LogP contribution in [0.4, 0.5) is 0 Å². The Morgan fingerprint density at radius 2 is 2.28 bits per heavy atom. The number of thiazole rings is 1. The van der Waals surface area contributed by atoms with Gasteiger partial charge in [-0.2, -0.15) is 0 Å². The van der Waals surface area contributed by atoms with E-state index in [9.17, 15) is 4.79 Å². The van der Waals surface area contributed by atoms with Crippen molar-refractivity contribution >= 4 is 16.3 Å². The molecule has 1 saturated heterocycles. The van der Waals surface area contributed by atoms with Crippen molar-refractivity contribution in [1.29, 1.82) is 0 Å². The molecule has 25 heavy (non-hydrogen) atoms. The van der Waals surface area contributed by atoms with Gasteiger partial charge in [0.25, 0.3) is 5.56 Å². The summed E-state index contributed by atoms with van der Waals surface area (Å²) < 4.78 is 3.87. The highest BCUT2D eigenvalue weighted by molar-refractivity contribution is 7.16. The van der Waals surface area contributed by atoms with E-state index in [2.05, 4.69) is 27.6 Å². The van der Waals surface area contributed by atoms with Gasteiger partial charge in [-0.25, -0.2) is 9.97 Å². The van der Waals surface area contributed by atoms with E-state index < -0.39 is 0 Å². The minimum Gasteiger partial charge on any atom is -0.335 e. The molecule has 0 amide bonds. The Morgan fingerprint density at radius 3 is 3.12 bits per heavy atom. The quantitative estimate of drug-likeness (QED) is 0.720. The minimum absolute atomic E-state index is 0.0134. The van der Waals surface area contributed by atoms with Gasteiger partial charge in [-0.05, 0) is 33.2 Å². The lowest BCUT2D eigenvalue weighted by Gasteiger charge is -2.32. The molecule has 1 aliphatic heterocycles. The van der Waals surface area contributed by atoms with Crippen LogP contribution < -0.4 is 5.56 Å². The molecule has 1 aliphatic rings. The number of rotatable bonds is 4. The second-order valence-electron chi connectivity index (χ2n) is 6.73. The van der Waals surface area contributed by atoms with Crippen molar-refractivity contribution in [3.8, 4) is 0 Å². The van der Waals surface area contributed by atoms with Crippen LogP contribution in [-0.2, 0) is 13.1 Å². The SMILES string of the molecule is CCn1ccnc1[C@H]1CCCN(Cc2cc(=O)n3cc(C)sc3n2)C1. The van der Waals surface area contributed by atoms with Gasteiger partial charge in [-0.15, -0.1) is 11.3 Å². The lowest BCUT2D eigenvalue weighted by atomic mass is 9.97. The predicted molar refractivity (Wildman–Crippen MR) is 99.2 cm³/mol. The number of likely N-dealkylation sites (tertiary alicyclic amines) is 1. The molecule has 4 heterocycles. The summed E-state index contributed by atoms with van der Waals surface area (Å²) in [5, 5.41) is 0. The Kier molecular flexibility index (Phi) is 4.43. The molecule has 0 saturated carbocycles. The number of hydrogen-bond donors (Lipinski definition) is 0. The molecule has 1 atom stereocenters. The van der Waals surface area contributed by atoms with Gasteiger partial charge in [0.2, 0.25) is 0 Å². The average molecular weight is 357 g/mol. The number of aromatic nitrogens is 4. The Balaban J connectivity index is 1.53. The number of nitrogens with zero attached hydrogens (tertiary/aromatic N) is 5. The van der Waals surface area contributed by atoms with Gasteiger partial charge in [0, 0.05) is 55.1 Å². The fourth-order valence-electron chi connectivity index (χ4n) is 3.73. The second-order valence-corrected chi connectivity index (χ2v) is 7.94. The minimum atomic E-state index is 0.0134. The topological polar surface area (TPSA) is 55.4 Å². The maximum atomic E-state index is 12.3. The third-order valence-corrected chi connectivity index (χ3v) is 5.78. The van der Waals surface area contributed by atoms with Gasteiger partial charge in [0.15, 0.2) is 4.96 Å². The normalized spacial score (nSPS) is 18.9. The average Bonchev–Trinajstić information content (AvgIpc) is 3.21. The number of imidazole rings is 1. The van der Waals surface area contributed by atoms with Crippen molar-refractivity contribution in [1.82, 2.24) is 23.8 Å². The van der Waals surface area contributed by atoms with Gasteiger partial charge in [-0.1, -0.05) is 0 Å². The first-order valence-electron chi connectivity index (χ1n) is 8.86. The van der Waals surface area contributed by atoms with E-state index >= 15 is 0 Å². The maximum Gasteiger partial charge on any atom is 0.258 e. The van der Waals surface area contributed by atoms with Gasteiger partial charge < -0.3 is 4.57 Å². The monoisotopic (exact) mass is 357 g/mol. The van der Waals surface area contributed by atoms with E-state index in [1.54, 1.807) is 21.8 Å². The van der Waals surface area contributed by atoms with E-state index in [0.717, 1.165) is 48.1 Å². The molecule has 0 bridgehead atoms. The van der Waals surface area contributed by atoms with Gasteiger partial charge in [-0.3, -0.25) is 14.1 Å². The molecule has 0 unspecified atom stereocenters. The van der Waals surface area contributed by atoms with Crippen molar-refractivity contribution in [2.45, 2.75) is 45.7 Å². The van der Waals surface area contributed by atoms with Gasteiger partial charge >= 0.3 is 0 Å². The molecular weight excluding hydrogens is 334 g/mol. The zero-order valence-corrected chi connectivity index (χ0v) is 15.5. The van der Waals surface area contributed by atoms with Crippen LogP contribution in [0.5, 0.6) is 0 Å². The van der Waals surface area contributed by atoms with Crippen molar-refractivity contribution < 1.29 is 0 Å². The maximum absolute atomic E-state index is 12.3. The van der Waals surface area contributed by atoms with Crippen LogP contribution >= 0.6 is 11.3 Å². The molecule has 1 fully saturated rings. The molecule has 0 N–H and O–H groups in total. The highest BCUT2D eigenvalue weighted by Crippen LogP contribution is 2.26. The summed E-state index contributed by atoms with van der Waals surface area (Å²) in [7, 11) is 0. The van der Waals surface area contributed by atoms with Gasteiger partial charge in [0.05, 0.1) is 5.69 Å². The Labute approximate surface area is 150 Å². The van der Waals surface area contributed by atoms with Crippen molar-refractivity contribution in [3.63, 3.8) is 0 Å². The van der Waals surface area contributed by atoms with E-state index in [-0.39, 0.29) is 5.56 Å². The highest BCUT2D eigenvalue weighted by atomic mass is 32.1. The lowest BCUT2D eigenvalue weighted by Crippen LogP contribution is -2.35. The zero-order chi connectivity index (χ0) is 17.4. The summed E-state index contributed by atoms with van der Waals surface area (Å²) in [4.78, 5) is 25.9. The van der Waals surface area contributed by atoms with Gasteiger partial charge in [0.1, 0.15) is 5.82 Å².